The number of nitrogens with zero attached hydrogens (tertiary/aromatic N) is 3. The first kappa shape index (κ1) is 25.2. The zero-order valence-corrected chi connectivity index (χ0v) is 22.7. The van der Waals surface area contributed by atoms with Crippen molar-refractivity contribution in [1.29, 1.82) is 5.26 Å². The molecule has 2 bridgehead atoms. The summed E-state index contributed by atoms with van der Waals surface area (Å²) in [6.07, 6.45) is 2.75. The summed E-state index contributed by atoms with van der Waals surface area (Å²) in [4.78, 5) is 43.5. The number of esters is 1. The van der Waals surface area contributed by atoms with E-state index in [2.05, 4.69) is 11.0 Å². The van der Waals surface area contributed by atoms with Gasteiger partial charge in [0.2, 0.25) is 12.6 Å². The minimum Gasteiger partial charge on any atom is -0.492 e. The number of piperazine rings is 1. The van der Waals surface area contributed by atoms with E-state index in [-0.39, 0.29) is 48.2 Å². The van der Waals surface area contributed by atoms with Crippen LogP contribution in [0.3, 0.4) is 0 Å². The molecule has 10 nitrogen and oxygen atoms in total. The van der Waals surface area contributed by atoms with Gasteiger partial charge in [-0.1, -0.05) is 6.92 Å². The van der Waals surface area contributed by atoms with Gasteiger partial charge in [0.1, 0.15) is 11.8 Å². The monoisotopic (exact) mass is 531 g/mol. The molecule has 0 unspecified atom stereocenters. The number of fused-ring (bicyclic) bond motifs is 8. The lowest BCUT2D eigenvalue weighted by Gasteiger charge is -2.57. The molecule has 0 saturated carbocycles. The van der Waals surface area contributed by atoms with Gasteiger partial charge < -0.3 is 23.8 Å². The van der Waals surface area contributed by atoms with Crippen molar-refractivity contribution in [2.45, 2.75) is 64.7 Å². The highest BCUT2D eigenvalue weighted by Gasteiger charge is 2.56. The molecular weight excluding hydrogens is 502 g/mol. The first-order valence-electron chi connectivity index (χ1n) is 13.0. The Morgan fingerprint density at radius 3 is 2.56 bits per heavy atom. The zero-order valence-electron chi connectivity index (χ0n) is 22.7. The van der Waals surface area contributed by atoms with E-state index in [4.69, 9.17) is 18.9 Å². The van der Waals surface area contributed by atoms with Gasteiger partial charge in [-0.25, -0.2) is 0 Å². The molecule has 39 heavy (non-hydrogen) atoms. The molecule has 1 fully saturated rings. The van der Waals surface area contributed by atoms with Gasteiger partial charge in [0.05, 0.1) is 25.3 Å². The Balaban J connectivity index is 1.66. The molecule has 1 saturated heterocycles. The summed E-state index contributed by atoms with van der Waals surface area (Å²) in [5, 5.41) is 10.5. The minimum atomic E-state index is -0.614. The number of benzene rings is 1. The van der Waals surface area contributed by atoms with Crippen molar-refractivity contribution >= 4 is 23.6 Å². The third-order valence-corrected chi connectivity index (χ3v) is 8.59. The number of Topliss-reactive ketones (excluding diaryl/α,β-unsaturated/α-hetero) is 2. The first-order valence-corrected chi connectivity index (χ1v) is 13.0. The Morgan fingerprint density at radius 2 is 1.92 bits per heavy atom. The average Bonchev–Trinajstić information content (AvgIpc) is 3.39. The number of likely N-dealkylation sites (N-methyl/N-ethyl adjacent to an activating group) is 1. The van der Waals surface area contributed by atoms with Crippen LogP contribution < -0.4 is 14.2 Å². The molecule has 1 aromatic carbocycles. The van der Waals surface area contributed by atoms with Crippen LogP contribution in [-0.4, -0.2) is 66.4 Å². The summed E-state index contributed by atoms with van der Waals surface area (Å²) in [6.45, 7) is 6.80. The normalized spacial score (nSPS) is 27.0. The molecule has 0 amide bonds. The van der Waals surface area contributed by atoms with Crippen molar-refractivity contribution in [3.05, 3.63) is 44.9 Å². The fourth-order valence-electron chi connectivity index (χ4n) is 6.96. The van der Waals surface area contributed by atoms with Crippen molar-refractivity contribution < 1.29 is 33.3 Å². The second kappa shape index (κ2) is 8.71. The summed E-state index contributed by atoms with van der Waals surface area (Å²) in [5.41, 5.74) is 3.84. The van der Waals surface area contributed by atoms with Gasteiger partial charge in [-0.3, -0.25) is 19.3 Å². The molecule has 4 atom stereocenters. The molecule has 0 aromatic heterocycles. The van der Waals surface area contributed by atoms with Crippen molar-refractivity contribution in [3.63, 3.8) is 0 Å². The summed E-state index contributed by atoms with van der Waals surface area (Å²) < 4.78 is 22.9. The molecule has 10 heteroatoms. The molecule has 202 valence electrons. The number of hydrogen-bond acceptors (Lipinski definition) is 10. The molecule has 4 heterocycles. The van der Waals surface area contributed by atoms with Gasteiger partial charge in [-0.05, 0) is 39.8 Å². The van der Waals surface area contributed by atoms with Crippen LogP contribution in [0.25, 0.3) is 6.08 Å². The largest absolute Gasteiger partial charge is 0.492 e. The maximum absolute atomic E-state index is 13.8. The number of ketones is 2. The lowest BCUT2D eigenvalue weighted by Crippen LogP contribution is -2.65. The van der Waals surface area contributed by atoms with Crippen LogP contribution >= 0.6 is 0 Å². The topological polar surface area (TPSA) is 118 Å². The molecule has 0 radical (unpaired) electrons. The van der Waals surface area contributed by atoms with E-state index in [1.807, 2.05) is 31.9 Å². The third kappa shape index (κ3) is 3.20. The third-order valence-electron chi connectivity index (χ3n) is 8.59. The summed E-state index contributed by atoms with van der Waals surface area (Å²) in [5.74, 6) is 0.468. The maximum atomic E-state index is 13.8. The Labute approximate surface area is 226 Å². The van der Waals surface area contributed by atoms with E-state index < -0.39 is 18.1 Å². The number of rotatable bonds is 3. The number of hydrogen-bond donors (Lipinski definition) is 0. The molecule has 1 aromatic rings. The summed E-state index contributed by atoms with van der Waals surface area (Å²) in [6, 6.07) is 0.620. The Bertz CT molecular complexity index is 1510. The molecule has 0 spiro atoms. The standard InChI is InChI=1S/C29H29N3O7/c1-7-17-21-16(26(39-14(4)33)13(3)28-29(21)38-11-37-28)9-19-23-22-15(24(34)12(2)27(36-6)25(22)35)8-18(31(23)5)20(10-30)32(17)19/h9,17-18,20,23H,7-8,11H2,1-6H3/t17-,18+,20-,23-/m0/s1. The van der Waals surface area contributed by atoms with Gasteiger partial charge in [0.15, 0.2) is 23.0 Å². The Hall–Kier alpha value is -4.10. The Morgan fingerprint density at radius 1 is 1.21 bits per heavy atom. The molecule has 4 aliphatic heterocycles. The van der Waals surface area contributed by atoms with Gasteiger partial charge in [-0.15, -0.1) is 0 Å². The summed E-state index contributed by atoms with van der Waals surface area (Å²) >= 11 is 0. The molecule has 5 aliphatic rings. The molecular formula is C29H29N3O7. The van der Waals surface area contributed by atoms with E-state index in [0.29, 0.717) is 51.6 Å². The average molecular weight is 532 g/mol. The van der Waals surface area contributed by atoms with Crippen molar-refractivity contribution in [3.8, 4) is 23.3 Å². The quantitative estimate of drug-likeness (QED) is 0.327. The highest BCUT2D eigenvalue weighted by atomic mass is 16.7. The first-order chi connectivity index (χ1) is 18.7. The fourth-order valence-corrected chi connectivity index (χ4v) is 6.96. The van der Waals surface area contributed by atoms with Crippen molar-refractivity contribution in [2.75, 3.05) is 21.0 Å². The number of ether oxygens (including phenoxy) is 4. The van der Waals surface area contributed by atoms with Crippen LogP contribution in [0.4, 0.5) is 0 Å². The lowest BCUT2D eigenvalue weighted by atomic mass is 9.71. The SMILES string of the molecule is CC[C@H]1c2c(c(OC(C)=O)c(C)c3c2OCO3)C=C2[C@H]3C4=C(C[C@H]([C@H](C#N)N21)N3C)C(=O)C(C)=C(OC)C4=O. The highest BCUT2D eigenvalue weighted by molar-refractivity contribution is 6.25. The number of carbonyl (C=O) groups excluding carboxylic acids is 3. The minimum absolute atomic E-state index is 0.0349. The van der Waals surface area contributed by atoms with Crippen LogP contribution in [0.15, 0.2) is 28.2 Å². The number of carbonyl (C=O) groups is 3. The second-order valence-electron chi connectivity index (χ2n) is 10.5. The van der Waals surface area contributed by atoms with Crippen LogP contribution in [-0.2, 0) is 19.1 Å². The van der Waals surface area contributed by atoms with E-state index in [1.165, 1.54) is 14.0 Å². The fraction of sp³-hybridized carbons (Fsp3) is 0.448. The smallest absolute Gasteiger partial charge is 0.308 e. The van der Waals surface area contributed by atoms with Gasteiger partial charge in [-0.2, -0.15) is 5.26 Å². The van der Waals surface area contributed by atoms with Crippen molar-refractivity contribution in [2.24, 2.45) is 0 Å². The van der Waals surface area contributed by atoms with E-state index in [9.17, 15) is 19.6 Å². The molecule has 1 aliphatic carbocycles. The van der Waals surface area contributed by atoms with Gasteiger partial charge >= 0.3 is 5.97 Å². The van der Waals surface area contributed by atoms with Crippen molar-refractivity contribution in [1.82, 2.24) is 9.80 Å². The number of methoxy groups -OCH3 is 1. The lowest BCUT2D eigenvalue weighted by molar-refractivity contribution is -0.132. The molecule has 0 N–H and O–H groups in total. The van der Waals surface area contributed by atoms with E-state index in [0.717, 1.165) is 5.56 Å². The zero-order chi connectivity index (χ0) is 27.9. The predicted octanol–water partition coefficient (Wildman–Crippen LogP) is 3.10. The van der Waals surface area contributed by atoms with Gasteiger partial charge in [0.25, 0.3) is 0 Å². The second-order valence-corrected chi connectivity index (χ2v) is 10.5. The summed E-state index contributed by atoms with van der Waals surface area (Å²) in [7, 11) is 3.27. The number of nitriles is 1. The number of allylic oxidation sites excluding steroid dienone is 2. The highest BCUT2D eigenvalue weighted by Crippen LogP contribution is 2.57. The van der Waals surface area contributed by atoms with E-state index >= 15 is 0 Å². The van der Waals surface area contributed by atoms with Crippen LogP contribution in [0.1, 0.15) is 56.3 Å². The van der Waals surface area contributed by atoms with Crippen LogP contribution in [0.2, 0.25) is 0 Å². The maximum Gasteiger partial charge on any atom is 0.308 e. The molecule has 6 rings (SSSR count). The Kier molecular flexibility index (Phi) is 5.63. The van der Waals surface area contributed by atoms with E-state index in [1.54, 1.807) is 6.92 Å². The van der Waals surface area contributed by atoms with Crippen LogP contribution in [0, 0.1) is 18.3 Å². The van der Waals surface area contributed by atoms with Crippen LogP contribution in [0.5, 0.6) is 17.2 Å². The predicted molar refractivity (Wildman–Crippen MR) is 138 cm³/mol. The van der Waals surface area contributed by atoms with Gasteiger partial charge in [0, 0.05) is 52.1 Å².